The second kappa shape index (κ2) is 50.0. The van der Waals surface area contributed by atoms with Gasteiger partial charge in [0, 0.05) is 43.5 Å². The first kappa shape index (κ1) is 96.9. The van der Waals surface area contributed by atoms with Crippen LogP contribution in [0.5, 0.6) is 0 Å². The second-order valence-electron chi connectivity index (χ2n) is 30.4. The molecule has 39 heteroatoms. The maximum Gasteiger partial charge on any atom is 0.326 e. The number of carbonyl (C=O) groups excluding carboxylic acids is 15. The van der Waals surface area contributed by atoms with Crippen LogP contribution in [0.15, 0.2) is 42.9 Å². The van der Waals surface area contributed by atoms with Crippen LogP contribution in [0.25, 0.3) is 0 Å². The molecule has 0 bridgehead atoms. The summed E-state index contributed by atoms with van der Waals surface area (Å²) in [6.45, 7) is 14.9. The lowest BCUT2D eigenvalue weighted by Crippen LogP contribution is -2.62. The van der Waals surface area contributed by atoms with Gasteiger partial charge in [-0.15, -0.1) is 0 Å². The van der Waals surface area contributed by atoms with Gasteiger partial charge in [0.1, 0.15) is 72.5 Å². The van der Waals surface area contributed by atoms with E-state index in [-0.39, 0.29) is 101 Å². The third-order valence-electron chi connectivity index (χ3n) is 18.9. The van der Waals surface area contributed by atoms with E-state index in [0.717, 1.165) is 6.42 Å². The van der Waals surface area contributed by atoms with Gasteiger partial charge in [-0.2, -0.15) is 24.4 Å². The van der Waals surface area contributed by atoms with Crippen LogP contribution in [0.4, 0.5) is 0 Å². The van der Waals surface area contributed by atoms with Gasteiger partial charge in [-0.05, 0) is 138 Å². The molecule has 4 rings (SSSR count). The van der Waals surface area contributed by atoms with Crippen LogP contribution in [0, 0.1) is 23.7 Å². The molecule has 15 amide bonds. The highest BCUT2D eigenvalue weighted by atomic mass is 32.2. The van der Waals surface area contributed by atoms with Crippen molar-refractivity contribution in [3.63, 3.8) is 0 Å². The van der Waals surface area contributed by atoms with Crippen molar-refractivity contribution in [2.45, 2.75) is 243 Å². The summed E-state index contributed by atoms with van der Waals surface area (Å²) in [5, 5.41) is 57.6. The Kier molecular flexibility index (Phi) is 42.5. The number of nitrogens with zero attached hydrogens (tertiary/aromatic N) is 2. The molecule has 21 N–H and O–H groups in total. The molecular weight excluding hydrogens is 1520 g/mol. The molecular formula is C75H121N19O18S2. The van der Waals surface area contributed by atoms with Crippen molar-refractivity contribution in [1.29, 1.82) is 0 Å². The Morgan fingerprint density at radius 3 is 1.62 bits per heavy atom. The van der Waals surface area contributed by atoms with Crippen molar-refractivity contribution in [2.24, 2.45) is 35.1 Å². The lowest BCUT2D eigenvalue weighted by Gasteiger charge is -2.31. The zero-order chi connectivity index (χ0) is 84.9. The van der Waals surface area contributed by atoms with Gasteiger partial charge in [0.25, 0.3) is 0 Å². The fourth-order valence-electron chi connectivity index (χ4n) is 12.8. The first-order valence-electron chi connectivity index (χ1n) is 38.9. The van der Waals surface area contributed by atoms with Crippen LogP contribution in [0.3, 0.4) is 0 Å². The lowest BCUT2D eigenvalue weighted by molar-refractivity contribution is -0.143. The number of H-pyrrole nitrogens is 1. The summed E-state index contributed by atoms with van der Waals surface area (Å²) in [6, 6.07) is -7.54. The Morgan fingerprint density at radius 2 is 1.08 bits per heavy atom. The molecule has 2 aliphatic heterocycles. The Labute approximate surface area is 675 Å². The van der Waals surface area contributed by atoms with E-state index in [0.29, 0.717) is 49.2 Å². The Balaban J connectivity index is 1.41. The Bertz CT molecular complexity index is 3530. The van der Waals surface area contributed by atoms with Crippen molar-refractivity contribution >= 4 is 119 Å². The highest BCUT2D eigenvalue weighted by Gasteiger charge is 2.42. The van der Waals surface area contributed by atoms with Crippen molar-refractivity contribution in [2.75, 3.05) is 50.5 Å². The van der Waals surface area contributed by atoms with Gasteiger partial charge in [-0.1, -0.05) is 85.7 Å². The maximum atomic E-state index is 14.6. The number of thioether (sulfide) groups is 1. The quantitative estimate of drug-likeness (QED) is 0.0230. The number of rotatable bonds is 51. The number of nitrogens with one attached hydrogen (secondary N) is 15. The normalized spacial score (nSPS) is 17.1. The van der Waals surface area contributed by atoms with E-state index in [2.05, 4.69) is 97.0 Å². The monoisotopic (exact) mass is 1640 g/mol. The number of hydrogen-bond donors (Lipinski definition) is 20. The molecule has 0 radical (unpaired) electrons. The number of hydrogen-bond acceptors (Lipinski definition) is 22. The van der Waals surface area contributed by atoms with Crippen molar-refractivity contribution < 1.29 is 86.9 Å². The number of carbonyl (C=O) groups is 16. The molecule has 114 heavy (non-hydrogen) atoms. The molecule has 2 fully saturated rings. The molecule has 0 unspecified atom stereocenters. The maximum absolute atomic E-state index is 14.6. The van der Waals surface area contributed by atoms with E-state index in [1.54, 1.807) is 78.1 Å². The van der Waals surface area contributed by atoms with Crippen molar-refractivity contribution in [3.8, 4) is 0 Å². The second-order valence-corrected chi connectivity index (χ2v) is 31.7. The summed E-state index contributed by atoms with van der Waals surface area (Å²) < 4.78 is 0. The van der Waals surface area contributed by atoms with E-state index in [9.17, 15) is 86.9 Å². The number of unbranched alkanes of at least 4 members (excludes halogenated alkanes) is 1. The minimum absolute atomic E-state index is 0.0205. The number of imidazole rings is 1. The number of aromatic amines is 1. The zero-order valence-corrected chi connectivity index (χ0v) is 68.5. The predicted molar refractivity (Wildman–Crippen MR) is 426 cm³/mol. The molecule has 14 atom stereocenters. The number of amides is 15. The molecule has 0 spiro atoms. The first-order valence-corrected chi connectivity index (χ1v) is 40.9. The summed E-state index contributed by atoms with van der Waals surface area (Å²) >= 11 is 5.68. The molecule has 3 heterocycles. The molecule has 0 aliphatic carbocycles. The highest BCUT2D eigenvalue weighted by Crippen LogP contribution is 2.22. The van der Waals surface area contributed by atoms with E-state index in [1.165, 1.54) is 36.1 Å². The lowest BCUT2D eigenvalue weighted by atomic mass is 9.99. The summed E-state index contributed by atoms with van der Waals surface area (Å²) in [6.07, 6.45) is 4.99. The van der Waals surface area contributed by atoms with Crippen LogP contribution >= 0.6 is 24.4 Å². The van der Waals surface area contributed by atoms with Crippen LogP contribution in [-0.4, -0.2) is 255 Å². The standard InChI is InChI=1S/C75H121N19O18S2/c1-40(2)30-51(87-71(107)57-22-17-28-94(57)74(110)54(32-42(5)6)89-70(106)56(38-113)91-73(109)62(44(9)95)93-69(105)53(33-45-18-12-11-13-19-45)86-65(101)47-21-16-27-79-47)64(100)81-37-60(98)92-61(43(7)8)72(108)88-52(31-41(3)4)68(104)85-50(25-29-114-10)67(103)84-48(20-14-15-26-76)63(99)80-36-59(97)83-49(23-24-58(77)96)66(102)90-55(75(111)112)34-46-35-78-39-82-46/h11-13,18-19,35,39-44,47-57,61-62,79,95,113H,14-17,20-34,36-38,76H2,1-10H3,(H2,77,96)(H,78,82)(H,80,99)(H,81,100)(H,83,97)(H,84,103)(H,85,104)(H,86,101)(H,87,107)(H,88,108)(H,89,106)(H,90,102)(H,91,109)(H,92,98)(H,93,105)(H,111,112)/t44-,47+,48+,49+,50+,51+,52+,53+,54+,55+,56+,57+,61+,62+/m1/s1. The number of primary amides is 1. The number of aliphatic carboxylic acids is 1. The van der Waals surface area contributed by atoms with E-state index < -0.39 is 198 Å². The number of aliphatic hydroxyl groups excluding tert-OH is 1. The fourth-order valence-corrected chi connectivity index (χ4v) is 13.5. The number of likely N-dealkylation sites (tertiary alicyclic amines) is 1. The van der Waals surface area contributed by atoms with Gasteiger partial charge in [-0.3, -0.25) is 71.9 Å². The Morgan fingerprint density at radius 1 is 0.561 bits per heavy atom. The fraction of sp³-hybridized carbons (Fsp3) is 0.667. The minimum Gasteiger partial charge on any atom is -0.480 e. The average molecular weight is 1640 g/mol. The van der Waals surface area contributed by atoms with Gasteiger partial charge in [0.05, 0.1) is 31.6 Å². The van der Waals surface area contributed by atoms with Crippen LogP contribution in [0.1, 0.15) is 157 Å². The molecule has 2 saturated heterocycles. The third kappa shape index (κ3) is 33.9. The summed E-state index contributed by atoms with van der Waals surface area (Å²) in [5.41, 5.74) is 12.2. The van der Waals surface area contributed by atoms with Gasteiger partial charge >= 0.3 is 5.97 Å². The zero-order valence-electron chi connectivity index (χ0n) is 66.8. The molecule has 2 aliphatic rings. The third-order valence-corrected chi connectivity index (χ3v) is 19.9. The van der Waals surface area contributed by atoms with Crippen LogP contribution in [-0.2, 0) is 89.6 Å². The number of carboxylic acids is 1. The van der Waals surface area contributed by atoms with Crippen LogP contribution < -0.4 is 85.9 Å². The van der Waals surface area contributed by atoms with Gasteiger partial charge in [0.15, 0.2) is 0 Å². The average Bonchev–Trinajstić information content (AvgIpc) is 1.63. The summed E-state index contributed by atoms with van der Waals surface area (Å²) in [7, 11) is 0. The smallest absolute Gasteiger partial charge is 0.326 e. The number of aliphatic hydroxyl groups is 1. The minimum atomic E-state index is -1.62. The first-order chi connectivity index (χ1) is 54.0. The summed E-state index contributed by atoms with van der Waals surface area (Å²) in [4.78, 5) is 227. The molecule has 636 valence electrons. The van der Waals surface area contributed by atoms with E-state index in [4.69, 9.17) is 11.5 Å². The number of thiol groups is 1. The van der Waals surface area contributed by atoms with Crippen LogP contribution in [0.2, 0.25) is 0 Å². The SMILES string of the molecule is CSCC[C@H](NC(=O)[C@H](CC(C)C)NC(=O)[C@@H](NC(=O)CNC(=O)[C@H](CC(C)C)NC(=O)[C@@H]1CCCN1C(=O)[C@H](CC(C)C)NC(=O)[C@H](CS)NC(=O)[C@@H](NC(=O)[C@H](Cc1ccccc1)NC(=O)[C@@H]1CCCN1)[C@@H](C)O)C(C)C)C(=O)N[C@@H](CCCCN)C(=O)NCC(=O)N[C@@H](CCC(N)=O)C(=O)N[C@@H](Cc1cnc[nH]1)C(=O)O. The summed E-state index contributed by atoms with van der Waals surface area (Å²) in [5.74, 6) is -14.4. The van der Waals surface area contributed by atoms with Crippen molar-refractivity contribution in [1.82, 2.24) is 89.3 Å². The number of carboxylic acid groups (broad SMARTS) is 1. The van der Waals surface area contributed by atoms with Gasteiger partial charge in [0.2, 0.25) is 88.6 Å². The molecule has 37 nitrogen and oxygen atoms in total. The number of aromatic nitrogens is 2. The molecule has 1 aromatic heterocycles. The number of nitrogens with two attached hydrogens (primary N) is 2. The molecule has 0 saturated carbocycles. The van der Waals surface area contributed by atoms with Gasteiger partial charge < -0.3 is 106 Å². The number of benzene rings is 1. The van der Waals surface area contributed by atoms with E-state index in [1.807, 2.05) is 13.8 Å². The molecule has 1 aromatic carbocycles. The predicted octanol–water partition coefficient (Wildman–Crippen LogP) is -3.16. The molecule has 2 aromatic rings. The van der Waals surface area contributed by atoms with E-state index >= 15 is 0 Å². The topological polar surface area (TPSA) is 566 Å². The van der Waals surface area contributed by atoms with Crippen molar-refractivity contribution in [3.05, 3.63) is 54.1 Å². The highest BCUT2D eigenvalue weighted by molar-refractivity contribution is 7.98. The van der Waals surface area contributed by atoms with Gasteiger partial charge in [-0.25, -0.2) is 9.78 Å². The Hall–Kier alpha value is -9.47. The largest absolute Gasteiger partial charge is 0.480 e.